The van der Waals surface area contributed by atoms with Crippen LogP contribution in [0.25, 0.3) is 5.57 Å². The number of rotatable bonds is 2. The van der Waals surface area contributed by atoms with Gasteiger partial charge in [0.1, 0.15) is 5.82 Å². The van der Waals surface area contributed by atoms with Crippen LogP contribution in [-0.2, 0) is 0 Å². The summed E-state index contributed by atoms with van der Waals surface area (Å²) in [4.78, 5) is 0. The Bertz CT molecular complexity index is 469. The molecule has 1 aliphatic rings. The fourth-order valence-electron chi connectivity index (χ4n) is 1.88. The quantitative estimate of drug-likeness (QED) is 0.679. The summed E-state index contributed by atoms with van der Waals surface area (Å²) in [6, 6.07) is 6.69. The summed E-state index contributed by atoms with van der Waals surface area (Å²) in [5.41, 5.74) is 4.99. The molecule has 2 rings (SSSR count). The van der Waals surface area contributed by atoms with Crippen molar-refractivity contribution < 1.29 is 4.39 Å². The third-order valence-corrected chi connectivity index (χ3v) is 2.58. The molecule has 0 saturated carbocycles. The van der Waals surface area contributed by atoms with Crippen LogP contribution in [0.1, 0.15) is 25.8 Å². The number of benzene rings is 1. The van der Waals surface area contributed by atoms with Gasteiger partial charge < -0.3 is 0 Å². The first-order chi connectivity index (χ1) is 7.65. The van der Waals surface area contributed by atoms with E-state index in [0.29, 0.717) is 0 Å². The zero-order chi connectivity index (χ0) is 11.5. The highest BCUT2D eigenvalue weighted by atomic mass is 19.1. The minimum Gasteiger partial charge on any atom is -0.207 e. The van der Waals surface area contributed by atoms with E-state index in [1.807, 2.05) is 12.1 Å². The molecule has 0 nitrogen and oxygen atoms in total. The molecule has 0 unspecified atom stereocenters. The van der Waals surface area contributed by atoms with E-state index in [4.69, 9.17) is 0 Å². The van der Waals surface area contributed by atoms with Crippen LogP contribution >= 0.6 is 0 Å². The molecule has 1 aliphatic carbocycles. The molecule has 1 aromatic carbocycles. The van der Waals surface area contributed by atoms with E-state index >= 15 is 0 Å². The van der Waals surface area contributed by atoms with E-state index < -0.39 is 0 Å². The summed E-state index contributed by atoms with van der Waals surface area (Å²) < 4.78 is 12.8. The van der Waals surface area contributed by atoms with Gasteiger partial charge in [-0.15, -0.1) is 0 Å². The lowest BCUT2D eigenvalue weighted by Gasteiger charge is -2.03. The first kappa shape index (κ1) is 10.9. The van der Waals surface area contributed by atoms with E-state index in [2.05, 4.69) is 32.1 Å². The zero-order valence-electron chi connectivity index (χ0n) is 9.63. The zero-order valence-corrected chi connectivity index (χ0v) is 9.63. The van der Waals surface area contributed by atoms with Gasteiger partial charge in [-0.3, -0.25) is 0 Å². The van der Waals surface area contributed by atoms with Crippen molar-refractivity contribution in [2.24, 2.45) is 0 Å². The van der Waals surface area contributed by atoms with Crippen molar-refractivity contribution in [2.75, 3.05) is 0 Å². The fraction of sp³-hybridized carbons (Fsp3) is 0.200. The second-order valence-electron chi connectivity index (χ2n) is 4.34. The minimum absolute atomic E-state index is 0.181. The molecule has 0 aromatic heterocycles. The first-order valence-corrected chi connectivity index (χ1v) is 5.46. The Labute approximate surface area is 95.8 Å². The van der Waals surface area contributed by atoms with Gasteiger partial charge in [0.15, 0.2) is 0 Å². The molecule has 0 heterocycles. The molecule has 1 aromatic rings. The van der Waals surface area contributed by atoms with Crippen molar-refractivity contribution in [2.45, 2.75) is 20.3 Å². The molecule has 0 bridgehead atoms. The van der Waals surface area contributed by atoms with Gasteiger partial charge in [0.05, 0.1) is 0 Å². The van der Waals surface area contributed by atoms with Crippen molar-refractivity contribution in [1.82, 2.24) is 0 Å². The molecular weight excluding hydrogens is 199 g/mol. The van der Waals surface area contributed by atoms with Crippen LogP contribution in [0.2, 0.25) is 0 Å². The van der Waals surface area contributed by atoms with Crippen LogP contribution < -0.4 is 0 Å². The highest BCUT2D eigenvalue weighted by Gasteiger charge is 2.08. The van der Waals surface area contributed by atoms with Crippen LogP contribution in [0.4, 0.5) is 4.39 Å². The third-order valence-electron chi connectivity index (χ3n) is 2.58. The van der Waals surface area contributed by atoms with Crippen LogP contribution in [0.5, 0.6) is 0 Å². The predicted molar refractivity (Wildman–Crippen MR) is 66.5 cm³/mol. The molecule has 0 aliphatic heterocycles. The number of hydrogen-bond acceptors (Lipinski definition) is 0. The van der Waals surface area contributed by atoms with Gasteiger partial charge >= 0.3 is 0 Å². The third kappa shape index (κ3) is 2.48. The van der Waals surface area contributed by atoms with Crippen LogP contribution in [0, 0.1) is 5.82 Å². The molecule has 0 radical (unpaired) electrons. The standard InChI is InChI=1S/C15H15F/c1-11(2)9-12-3-4-14(10-12)13-5-7-15(16)8-6-13/h3-9H,10H2,1-2H3. The lowest BCUT2D eigenvalue weighted by atomic mass is 10.0. The highest BCUT2D eigenvalue weighted by molar-refractivity contribution is 5.73. The van der Waals surface area contributed by atoms with Crippen molar-refractivity contribution in [3.63, 3.8) is 0 Å². The van der Waals surface area contributed by atoms with Crippen molar-refractivity contribution in [3.8, 4) is 0 Å². The van der Waals surface area contributed by atoms with E-state index in [1.165, 1.54) is 28.9 Å². The van der Waals surface area contributed by atoms with Gasteiger partial charge in [0, 0.05) is 0 Å². The second-order valence-corrected chi connectivity index (χ2v) is 4.34. The first-order valence-electron chi connectivity index (χ1n) is 5.46. The predicted octanol–water partition coefficient (Wildman–Crippen LogP) is 4.51. The van der Waals surface area contributed by atoms with Crippen molar-refractivity contribution in [3.05, 3.63) is 65.0 Å². The molecule has 82 valence electrons. The molecule has 1 heteroatoms. The number of hydrogen-bond donors (Lipinski definition) is 0. The number of halogens is 1. The molecule has 0 atom stereocenters. The van der Waals surface area contributed by atoms with Gasteiger partial charge in [0.2, 0.25) is 0 Å². The minimum atomic E-state index is -0.181. The molecule has 0 saturated heterocycles. The van der Waals surface area contributed by atoms with E-state index in [0.717, 1.165) is 12.0 Å². The van der Waals surface area contributed by atoms with Gasteiger partial charge in [-0.2, -0.15) is 0 Å². The summed E-state index contributed by atoms with van der Waals surface area (Å²) in [6.07, 6.45) is 7.37. The second kappa shape index (κ2) is 4.48. The van der Waals surface area contributed by atoms with E-state index in [1.54, 1.807) is 0 Å². The molecule has 0 fully saturated rings. The summed E-state index contributed by atoms with van der Waals surface area (Å²) >= 11 is 0. The highest BCUT2D eigenvalue weighted by Crippen LogP contribution is 2.29. The fourth-order valence-corrected chi connectivity index (χ4v) is 1.88. The number of allylic oxidation sites excluding steroid dienone is 6. The maximum Gasteiger partial charge on any atom is 0.123 e. The molecule has 0 spiro atoms. The van der Waals surface area contributed by atoms with Crippen LogP contribution in [0.3, 0.4) is 0 Å². The lowest BCUT2D eigenvalue weighted by Crippen LogP contribution is -1.83. The van der Waals surface area contributed by atoms with Crippen LogP contribution in [-0.4, -0.2) is 0 Å². The molecule has 0 amide bonds. The molecular formula is C15H15F. The maximum atomic E-state index is 12.8. The SMILES string of the molecule is CC(C)=CC1=CC=C(c2ccc(F)cc2)C1. The van der Waals surface area contributed by atoms with E-state index in [-0.39, 0.29) is 5.82 Å². The Morgan fingerprint density at radius 3 is 2.44 bits per heavy atom. The van der Waals surface area contributed by atoms with Gasteiger partial charge in [-0.05, 0) is 49.1 Å². The Morgan fingerprint density at radius 1 is 1.12 bits per heavy atom. The Hall–Kier alpha value is -1.63. The molecule has 0 N–H and O–H groups in total. The van der Waals surface area contributed by atoms with Crippen molar-refractivity contribution in [1.29, 1.82) is 0 Å². The Morgan fingerprint density at radius 2 is 1.81 bits per heavy atom. The monoisotopic (exact) mass is 214 g/mol. The smallest absolute Gasteiger partial charge is 0.123 e. The maximum absolute atomic E-state index is 12.8. The Balaban J connectivity index is 2.12. The van der Waals surface area contributed by atoms with E-state index in [9.17, 15) is 4.39 Å². The summed E-state index contributed by atoms with van der Waals surface area (Å²) in [6.45, 7) is 4.19. The lowest BCUT2D eigenvalue weighted by molar-refractivity contribution is 0.627. The summed E-state index contributed by atoms with van der Waals surface area (Å²) in [7, 11) is 0. The molecule has 16 heavy (non-hydrogen) atoms. The normalized spacial score (nSPS) is 14.4. The van der Waals surface area contributed by atoms with Gasteiger partial charge in [-0.25, -0.2) is 4.39 Å². The van der Waals surface area contributed by atoms with Crippen LogP contribution in [0.15, 0.2) is 53.6 Å². The topological polar surface area (TPSA) is 0 Å². The average molecular weight is 214 g/mol. The van der Waals surface area contributed by atoms with Crippen molar-refractivity contribution >= 4 is 5.57 Å². The average Bonchev–Trinajstić information content (AvgIpc) is 2.66. The summed E-state index contributed by atoms with van der Waals surface area (Å²) in [5, 5.41) is 0. The van der Waals surface area contributed by atoms with Gasteiger partial charge in [-0.1, -0.05) is 35.9 Å². The Kier molecular flexibility index (Phi) is 3.04. The largest absolute Gasteiger partial charge is 0.207 e. The summed E-state index contributed by atoms with van der Waals surface area (Å²) in [5.74, 6) is -0.181. The van der Waals surface area contributed by atoms with Gasteiger partial charge in [0.25, 0.3) is 0 Å².